The van der Waals surface area contributed by atoms with Crippen molar-refractivity contribution in [1.29, 1.82) is 0 Å². The van der Waals surface area contributed by atoms with Gasteiger partial charge in [0.2, 0.25) is 0 Å². The van der Waals surface area contributed by atoms with E-state index < -0.39 is 6.10 Å². The van der Waals surface area contributed by atoms with Gasteiger partial charge in [0.25, 0.3) is 0 Å². The molecule has 0 spiro atoms. The van der Waals surface area contributed by atoms with E-state index in [-0.39, 0.29) is 0 Å². The molecule has 0 fully saturated rings. The van der Waals surface area contributed by atoms with Crippen molar-refractivity contribution in [3.8, 4) is 0 Å². The van der Waals surface area contributed by atoms with Crippen molar-refractivity contribution < 1.29 is 5.11 Å². The third-order valence-corrected chi connectivity index (χ3v) is 3.83. The smallest absolute Gasteiger partial charge is 0.0900 e. The van der Waals surface area contributed by atoms with Gasteiger partial charge in [-0.1, -0.05) is 48.5 Å². The second-order valence-corrected chi connectivity index (χ2v) is 5.18. The average molecular weight is 259 g/mol. The maximum Gasteiger partial charge on any atom is 0.0900 e. The molecule has 2 nitrogen and oxygen atoms in total. The number of aliphatic hydroxyl groups excluding tert-OH is 1. The maximum atomic E-state index is 10.1. The van der Waals surface area contributed by atoms with Gasteiger partial charge in [-0.15, -0.1) is 0 Å². The van der Waals surface area contributed by atoms with Gasteiger partial charge in [-0.3, -0.25) is 0 Å². The first-order chi connectivity index (χ1) is 8.77. The van der Waals surface area contributed by atoms with E-state index in [4.69, 9.17) is 5.73 Å². The molecular formula is C15H17NOS. The van der Waals surface area contributed by atoms with Crippen LogP contribution in [0, 0.1) is 0 Å². The number of hydrogen-bond donors (Lipinski definition) is 2. The quantitative estimate of drug-likeness (QED) is 0.810. The average Bonchev–Trinajstić information content (AvgIpc) is 2.40. The van der Waals surface area contributed by atoms with E-state index >= 15 is 0 Å². The van der Waals surface area contributed by atoms with Crippen LogP contribution in [0.15, 0.2) is 54.6 Å². The van der Waals surface area contributed by atoms with Crippen molar-refractivity contribution in [3.05, 3.63) is 65.7 Å². The SMILES string of the molecule is Nc1ccccc1C(O)CSCc1ccccc1. The lowest BCUT2D eigenvalue weighted by atomic mass is 10.1. The van der Waals surface area contributed by atoms with Crippen LogP contribution in [0.4, 0.5) is 5.69 Å². The second-order valence-electron chi connectivity index (χ2n) is 4.15. The van der Waals surface area contributed by atoms with Crippen LogP contribution < -0.4 is 5.73 Å². The molecule has 0 aromatic heterocycles. The van der Waals surface area contributed by atoms with Crippen LogP contribution in [-0.4, -0.2) is 10.9 Å². The largest absolute Gasteiger partial charge is 0.398 e. The summed E-state index contributed by atoms with van der Waals surface area (Å²) in [5.41, 5.74) is 8.58. The van der Waals surface area contributed by atoms with Gasteiger partial charge in [0.1, 0.15) is 0 Å². The highest BCUT2D eigenvalue weighted by atomic mass is 32.2. The molecule has 0 bridgehead atoms. The number of aliphatic hydroxyl groups is 1. The number of nitrogen functional groups attached to an aromatic ring is 1. The molecule has 2 rings (SSSR count). The number of rotatable bonds is 5. The molecule has 2 aromatic rings. The molecule has 3 heteroatoms. The van der Waals surface area contributed by atoms with E-state index in [9.17, 15) is 5.11 Å². The molecule has 2 aromatic carbocycles. The molecule has 1 unspecified atom stereocenters. The highest BCUT2D eigenvalue weighted by molar-refractivity contribution is 7.98. The first-order valence-corrected chi connectivity index (χ1v) is 7.07. The van der Waals surface area contributed by atoms with Crippen molar-refractivity contribution in [3.63, 3.8) is 0 Å². The molecule has 0 amide bonds. The van der Waals surface area contributed by atoms with Crippen LogP contribution in [0.5, 0.6) is 0 Å². The van der Waals surface area contributed by atoms with Crippen LogP contribution in [0.25, 0.3) is 0 Å². The zero-order valence-corrected chi connectivity index (χ0v) is 10.9. The summed E-state index contributed by atoms with van der Waals surface area (Å²) in [4.78, 5) is 0. The Labute approximate surface area is 112 Å². The van der Waals surface area contributed by atoms with Gasteiger partial charge < -0.3 is 10.8 Å². The Bertz CT molecular complexity index is 487. The molecule has 0 aliphatic heterocycles. The molecule has 0 aliphatic rings. The summed E-state index contributed by atoms with van der Waals surface area (Å²) in [5, 5.41) is 10.1. The highest BCUT2D eigenvalue weighted by Gasteiger charge is 2.10. The van der Waals surface area contributed by atoms with Gasteiger partial charge in [0.05, 0.1) is 6.10 Å². The van der Waals surface area contributed by atoms with E-state index in [1.807, 2.05) is 42.5 Å². The molecule has 0 saturated heterocycles. The first-order valence-electron chi connectivity index (χ1n) is 5.91. The molecular weight excluding hydrogens is 242 g/mol. The summed E-state index contributed by atoms with van der Waals surface area (Å²) in [6.45, 7) is 0. The minimum absolute atomic E-state index is 0.500. The summed E-state index contributed by atoms with van der Waals surface area (Å²) in [5.74, 6) is 1.56. The van der Waals surface area contributed by atoms with E-state index in [1.165, 1.54) is 5.56 Å². The normalized spacial score (nSPS) is 12.3. The monoisotopic (exact) mass is 259 g/mol. The Morgan fingerprint density at radius 2 is 1.67 bits per heavy atom. The van der Waals surface area contributed by atoms with Crippen LogP contribution >= 0.6 is 11.8 Å². The summed E-state index contributed by atoms with van der Waals surface area (Å²) in [6.07, 6.45) is -0.500. The standard InChI is InChI=1S/C15H17NOS/c16-14-9-5-4-8-13(14)15(17)11-18-10-12-6-2-1-3-7-12/h1-9,15,17H,10-11,16H2. The number of hydrogen-bond acceptors (Lipinski definition) is 3. The maximum absolute atomic E-state index is 10.1. The van der Waals surface area contributed by atoms with Crippen molar-refractivity contribution >= 4 is 17.4 Å². The van der Waals surface area contributed by atoms with Crippen molar-refractivity contribution in [2.45, 2.75) is 11.9 Å². The van der Waals surface area contributed by atoms with Gasteiger partial charge >= 0.3 is 0 Å². The predicted molar refractivity (Wildman–Crippen MR) is 78.4 cm³/mol. The van der Waals surface area contributed by atoms with Crippen LogP contribution in [0.3, 0.4) is 0 Å². The fourth-order valence-electron chi connectivity index (χ4n) is 1.77. The molecule has 94 valence electrons. The van der Waals surface area contributed by atoms with Crippen LogP contribution in [0.2, 0.25) is 0 Å². The predicted octanol–water partition coefficient (Wildman–Crippen LogP) is 3.24. The third kappa shape index (κ3) is 3.52. The van der Waals surface area contributed by atoms with E-state index in [1.54, 1.807) is 11.8 Å². The Balaban J connectivity index is 1.86. The van der Waals surface area contributed by atoms with Crippen LogP contribution in [0.1, 0.15) is 17.2 Å². The molecule has 0 aliphatic carbocycles. The van der Waals surface area contributed by atoms with Crippen LogP contribution in [-0.2, 0) is 5.75 Å². The lowest BCUT2D eigenvalue weighted by Gasteiger charge is -2.12. The van der Waals surface area contributed by atoms with Gasteiger partial charge in [-0.25, -0.2) is 0 Å². The van der Waals surface area contributed by atoms with Gasteiger partial charge in [0.15, 0.2) is 0 Å². The van der Waals surface area contributed by atoms with Gasteiger partial charge in [0, 0.05) is 22.8 Å². The van der Waals surface area contributed by atoms with Gasteiger partial charge in [-0.2, -0.15) is 11.8 Å². The van der Waals surface area contributed by atoms with E-state index in [2.05, 4.69) is 12.1 Å². The topological polar surface area (TPSA) is 46.2 Å². The fourth-order valence-corrected chi connectivity index (χ4v) is 2.72. The van der Waals surface area contributed by atoms with Gasteiger partial charge in [-0.05, 0) is 11.6 Å². The van der Waals surface area contributed by atoms with E-state index in [0.717, 1.165) is 11.3 Å². The van der Waals surface area contributed by atoms with Crippen molar-refractivity contribution in [1.82, 2.24) is 0 Å². The molecule has 0 saturated carbocycles. The number of anilines is 1. The number of thioether (sulfide) groups is 1. The molecule has 1 atom stereocenters. The molecule has 0 heterocycles. The Hall–Kier alpha value is -1.45. The minimum atomic E-state index is -0.500. The zero-order chi connectivity index (χ0) is 12.8. The Kier molecular flexibility index (Phi) is 4.67. The summed E-state index contributed by atoms with van der Waals surface area (Å²) >= 11 is 1.71. The Morgan fingerprint density at radius 1 is 1.00 bits per heavy atom. The lowest BCUT2D eigenvalue weighted by Crippen LogP contribution is -2.04. The van der Waals surface area contributed by atoms with E-state index in [0.29, 0.717) is 11.4 Å². The summed E-state index contributed by atoms with van der Waals surface area (Å²) in [7, 11) is 0. The highest BCUT2D eigenvalue weighted by Crippen LogP contribution is 2.24. The number of nitrogens with two attached hydrogens (primary N) is 1. The lowest BCUT2D eigenvalue weighted by molar-refractivity contribution is 0.205. The Morgan fingerprint density at radius 3 is 2.39 bits per heavy atom. The third-order valence-electron chi connectivity index (χ3n) is 2.74. The summed E-state index contributed by atoms with van der Waals surface area (Å²) in [6, 6.07) is 17.7. The molecule has 0 radical (unpaired) electrons. The number of benzene rings is 2. The number of para-hydroxylation sites is 1. The summed E-state index contributed by atoms with van der Waals surface area (Å²) < 4.78 is 0. The zero-order valence-electron chi connectivity index (χ0n) is 10.1. The van der Waals surface area contributed by atoms with Crippen molar-refractivity contribution in [2.75, 3.05) is 11.5 Å². The molecule has 18 heavy (non-hydrogen) atoms. The first kappa shape index (κ1) is 13.0. The fraction of sp³-hybridized carbons (Fsp3) is 0.200. The van der Waals surface area contributed by atoms with Crippen molar-refractivity contribution in [2.24, 2.45) is 0 Å². The second kappa shape index (κ2) is 6.47. The minimum Gasteiger partial charge on any atom is -0.398 e. The molecule has 3 N–H and O–H groups in total.